The summed E-state index contributed by atoms with van der Waals surface area (Å²) >= 11 is 0. The van der Waals surface area contributed by atoms with E-state index in [4.69, 9.17) is 0 Å². The molecule has 3 nitrogen and oxygen atoms in total. The topological polar surface area (TPSA) is 37.8 Å². The maximum atomic E-state index is 4.44. The minimum Gasteiger partial charge on any atom is -0.313 e. The van der Waals surface area contributed by atoms with Gasteiger partial charge in [0.2, 0.25) is 0 Å². The highest BCUT2D eigenvalue weighted by Crippen LogP contribution is 2.03. The van der Waals surface area contributed by atoms with Gasteiger partial charge in [0.1, 0.15) is 5.82 Å². The molecule has 0 aromatic carbocycles. The van der Waals surface area contributed by atoms with Crippen molar-refractivity contribution in [1.82, 2.24) is 15.3 Å². The first-order valence-electron chi connectivity index (χ1n) is 4.74. The second kappa shape index (κ2) is 4.92. The van der Waals surface area contributed by atoms with Crippen molar-refractivity contribution in [1.29, 1.82) is 0 Å². The summed E-state index contributed by atoms with van der Waals surface area (Å²) in [6, 6.07) is 2.06. The number of hydrogen-bond acceptors (Lipinski definition) is 3. The van der Waals surface area contributed by atoms with Gasteiger partial charge >= 0.3 is 0 Å². The van der Waals surface area contributed by atoms with Gasteiger partial charge in [-0.05, 0) is 26.5 Å². The van der Waals surface area contributed by atoms with Crippen LogP contribution in [0, 0.1) is 6.92 Å². The van der Waals surface area contributed by atoms with E-state index in [1.807, 2.05) is 14.0 Å². The number of hydrogen-bond donors (Lipinski definition) is 1. The third-order valence-corrected chi connectivity index (χ3v) is 1.79. The third kappa shape index (κ3) is 3.11. The molecule has 13 heavy (non-hydrogen) atoms. The molecular weight excluding hydrogens is 162 g/mol. The zero-order valence-corrected chi connectivity index (χ0v) is 8.59. The largest absolute Gasteiger partial charge is 0.313 e. The summed E-state index contributed by atoms with van der Waals surface area (Å²) in [6.07, 6.45) is 2.18. The van der Waals surface area contributed by atoms with Crippen molar-refractivity contribution in [3.8, 4) is 0 Å². The Balaban J connectivity index is 2.83. The highest BCUT2D eigenvalue weighted by atomic mass is 15.0. The van der Waals surface area contributed by atoms with Crippen LogP contribution < -0.4 is 5.32 Å². The van der Waals surface area contributed by atoms with Crippen LogP contribution in [0.1, 0.15) is 30.6 Å². The highest BCUT2D eigenvalue weighted by Gasteiger charge is 1.99. The van der Waals surface area contributed by atoms with Crippen LogP contribution in [0.4, 0.5) is 0 Å². The molecule has 0 bridgehead atoms. The summed E-state index contributed by atoms with van der Waals surface area (Å²) in [4.78, 5) is 8.77. The average molecular weight is 179 g/mol. The van der Waals surface area contributed by atoms with Crippen molar-refractivity contribution in [2.45, 2.75) is 33.2 Å². The van der Waals surface area contributed by atoms with Gasteiger partial charge in [-0.1, -0.05) is 13.3 Å². The van der Waals surface area contributed by atoms with E-state index in [1.54, 1.807) is 0 Å². The minimum atomic E-state index is 0.748. The Morgan fingerprint density at radius 1 is 1.38 bits per heavy atom. The van der Waals surface area contributed by atoms with Gasteiger partial charge in [0.25, 0.3) is 0 Å². The normalized spacial score (nSPS) is 10.4. The molecule has 0 atom stereocenters. The fourth-order valence-corrected chi connectivity index (χ4v) is 1.32. The van der Waals surface area contributed by atoms with Crippen LogP contribution in [0.5, 0.6) is 0 Å². The standard InChI is InChI=1S/C10H17N3/c1-4-5-9-6-8(2)12-10(13-9)7-11-3/h6,11H,4-5,7H2,1-3H3. The summed E-state index contributed by atoms with van der Waals surface area (Å²) in [5.74, 6) is 0.894. The van der Waals surface area contributed by atoms with Crippen molar-refractivity contribution in [3.63, 3.8) is 0 Å². The number of nitrogens with one attached hydrogen (secondary N) is 1. The van der Waals surface area contributed by atoms with Crippen LogP contribution in [-0.2, 0) is 13.0 Å². The van der Waals surface area contributed by atoms with Crippen LogP contribution in [0.25, 0.3) is 0 Å². The van der Waals surface area contributed by atoms with E-state index in [0.717, 1.165) is 36.6 Å². The van der Waals surface area contributed by atoms with Gasteiger partial charge in [-0.3, -0.25) is 0 Å². The molecule has 0 aliphatic rings. The SMILES string of the molecule is CCCc1cc(C)nc(CNC)n1. The lowest BCUT2D eigenvalue weighted by Crippen LogP contribution is -2.11. The monoisotopic (exact) mass is 179 g/mol. The summed E-state index contributed by atoms with van der Waals surface area (Å²) in [5.41, 5.74) is 2.21. The first-order chi connectivity index (χ1) is 6.26. The summed E-state index contributed by atoms with van der Waals surface area (Å²) < 4.78 is 0. The predicted octanol–water partition coefficient (Wildman–Crippen LogP) is 1.46. The number of rotatable bonds is 4. The molecule has 1 rings (SSSR count). The molecule has 1 aromatic rings. The van der Waals surface area contributed by atoms with E-state index in [1.165, 1.54) is 0 Å². The minimum absolute atomic E-state index is 0.748. The Hall–Kier alpha value is -0.960. The van der Waals surface area contributed by atoms with E-state index in [2.05, 4.69) is 28.3 Å². The summed E-state index contributed by atoms with van der Waals surface area (Å²) in [6.45, 7) is 4.92. The van der Waals surface area contributed by atoms with Crippen LogP contribution in [-0.4, -0.2) is 17.0 Å². The van der Waals surface area contributed by atoms with E-state index in [-0.39, 0.29) is 0 Å². The smallest absolute Gasteiger partial charge is 0.142 e. The predicted molar refractivity (Wildman–Crippen MR) is 53.5 cm³/mol. The molecule has 0 spiro atoms. The lowest BCUT2D eigenvalue weighted by atomic mass is 10.2. The molecule has 72 valence electrons. The third-order valence-electron chi connectivity index (χ3n) is 1.79. The van der Waals surface area contributed by atoms with Crippen molar-refractivity contribution in [3.05, 3.63) is 23.3 Å². The number of aromatic nitrogens is 2. The molecule has 0 fully saturated rings. The molecule has 1 aromatic heterocycles. The van der Waals surface area contributed by atoms with Crippen molar-refractivity contribution < 1.29 is 0 Å². The first-order valence-corrected chi connectivity index (χ1v) is 4.74. The molecule has 0 aliphatic heterocycles. The summed E-state index contributed by atoms with van der Waals surface area (Å²) in [7, 11) is 1.91. The van der Waals surface area contributed by atoms with Crippen LogP contribution in [0.15, 0.2) is 6.07 Å². The molecule has 1 N–H and O–H groups in total. The van der Waals surface area contributed by atoms with Gasteiger partial charge < -0.3 is 5.32 Å². The molecular formula is C10H17N3. The van der Waals surface area contributed by atoms with Crippen LogP contribution in [0.3, 0.4) is 0 Å². The number of aryl methyl sites for hydroxylation is 2. The Labute approximate surface area is 79.6 Å². The molecule has 0 saturated heterocycles. The molecule has 0 unspecified atom stereocenters. The summed E-state index contributed by atoms with van der Waals surface area (Å²) in [5, 5.41) is 3.06. The van der Waals surface area contributed by atoms with Gasteiger partial charge in [-0.15, -0.1) is 0 Å². The highest BCUT2D eigenvalue weighted by molar-refractivity contribution is 5.10. The Bertz CT molecular complexity index is 247. The lowest BCUT2D eigenvalue weighted by molar-refractivity contribution is 0.734. The van der Waals surface area contributed by atoms with Crippen molar-refractivity contribution >= 4 is 0 Å². The molecule has 0 saturated carbocycles. The lowest BCUT2D eigenvalue weighted by Gasteiger charge is -2.04. The van der Waals surface area contributed by atoms with Crippen LogP contribution >= 0.6 is 0 Å². The maximum Gasteiger partial charge on any atom is 0.142 e. The molecule has 3 heteroatoms. The zero-order valence-electron chi connectivity index (χ0n) is 8.59. The van der Waals surface area contributed by atoms with Gasteiger partial charge in [0.05, 0.1) is 6.54 Å². The fourth-order valence-electron chi connectivity index (χ4n) is 1.32. The van der Waals surface area contributed by atoms with Crippen molar-refractivity contribution in [2.24, 2.45) is 0 Å². The van der Waals surface area contributed by atoms with E-state index >= 15 is 0 Å². The number of nitrogens with zero attached hydrogens (tertiary/aromatic N) is 2. The molecule has 0 radical (unpaired) electrons. The van der Waals surface area contributed by atoms with Gasteiger partial charge in [-0.2, -0.15) is 0 Å². The molecule has 0 aliphatic carbocycles. The van der Waals surface area contributed by atoms with E-state index in [0.29, 0.717) is 0 Å². The molecule has 1 heterocycles. The first kappa shape index (κ1) is 10.1. The Kier molecular flexibility index (Phi) is 3.83. The van der Waals surface area contributed by atoms with Gasteiger partial charge in [-0.25, -0.2) is 9.97 Å². The fraction of sp³-hybridized carbons (Fsp3) is 0.600. The van der Waals surface area contributed by atoms with Gasteiger partial charge in [0.15, 0.2) is 0 Å². The Morgan fingerprint density at radius 3 is 2.77 bits per heavy atom. The second-order valence-electron chi connectivity index (χ2n) is 3.20. The van der Waals surface area contributed by atoms with Crippen molar-refractivity contribution in [2.75, 3.05) is 7.05 Å². The van der Waals surface area contributed by atoms with Crippen LogP contribution in [0.2, 0.25) is 0 Å². The zero-order chi connectivity index (χ0) is 9.68. The Morgan fingerprint density at radius 2 is 2.15 bits per heavy atom. The van der Waals surface area contributed by atoms with E-state index < -0.39 is 0 Å². The quantitative estimate of drug-likeness (QED) is 0.760. The second-order valence-corrected chi connectivity index (χ2v) is 3.20. The van der Waals surface area contributed by atoms with Gasteiger partial charge in [0, 0.05) is 11.4 Å². The molecule has 0 amide bonds. The average Bonchev–Trinajstić information content (AvgIpc) is 2.04. The van der Waals surface area contributed by atoms with E-state index in [9.17, 15) is 0 Å². The maximum absolute atomic E-state index is 4.44.